The molecule has 2 heterocycles. The highest BCUT2D eigenvalue weighted by Gasteiger charge is 2.33. The van der Waals surface area contributed by atoms with Crippen LogP contribution in [0.15, 0.2) is 6.33 Å². The van der Waals surface area contributed by atoms with Gasteiger partial charge < -0.3 is 9.88 Å². The van der Waals surface area contributed by atoms with Gasteiger partial charge in [-0.2, -0.15) is 0 Å². The largest absolute Gasteiger partial charge is 0.336 e. The molecule has 0 fully saturated rings. The first kappa shape index (κ1) is 8.75. The van der Waals surface area contributed by atoms with Gasteiger partial charge in [0.15, 0.2) is 0 Å². The molecule has 0 aromatic carbocycles. The van der Waals surface area contributed by atoms with Gasteiger partial charge in [-0.25, -0.2) is 4.98 Å². The van der Waals surface area contributed by atoms with Crippen LogP contribution in [0.4, 0.5) is 0 Å². The van der Waals surface area contributed by atoms with E-state index in [-0.39, 0.29) is 5.54 Å². The Morgan fingerprint density at radius 1 is 1.69 bits per heavy atom. The van der Waals surface area contributed by atoms with Crippen molar-refractivity contribution < 1.29 is 0 Å². The zero-order valence-electron chi connectivity index (χ0n) is 8.59. The van der Waals surface area contributed by atoms with E-state index in [4.69, 9.17) is 0 Å². The quantitative estimate of drug-likeness (QED) is 0.702. The van der Waals surface area contributed by atoms with Gasteiger partial charge in [-0.15, -0.1) is 0 Å². The van der Waals surface area contributed by atoms with Gasteiger partial charge in [0.05, 0.1) is 23.3 Å². The lowest BCUT2D eigenvalue weighted by Crippen LogP contribution is -2.45. The van der Waals surface area contributed by atoms with Crippen LogP contribution >= 0.6 is 0 Å². The second-order valence-corrected chi connectivity index (χ2v) is 4.01. The number of hydrogen-bond acceptors (Lipinski definition) is 2. The van der Waals surface area contributed by atoms with E-state index in [1.807, 2.05) is 6.33 Å². The van der Waals surface area contributed by atoms with Crippen molar-refractivity contribution in [1.29, 1.82) is 0 Å². The molecule has 1 unspecified atom stereocenters. The third-order valence-electron chi connectivity index (χ3n) is 3.12. The summed E-state index contributed by atoms with van der Waals surface area (Å²) in [6, 6.07) is 0. The summed E-state index contributed by atoms with van der Waals surface area (Å²) >= 11 is 0. The van der Waals surface area contributed by atoms with E-state index in [0.29, 0.717) is 0 Å². The Morgan fingerprint density at radius 3 is 3.15 bits per heavy atom. The molecule has 1 aromatic rings. The molecule has 72 valence electrons. The number of fused-ring (bicyclic) bond motifs is 1. The van der Waals surface area contributed by atoms with Crippen LogP contribution < -0.4 is 5.32 Å². The van der Waals surface area contributed by atoms with E-state index in [9.17, 15) is 0 Å². The van der Waals surface area contributed by atoms with E-state index < -0.39 is 0 Å². The summed E-state index contributed by atoms with van der Waals surface area (Å²) in [5.74, 6) is 0. The summed E-state index contributed by atoms with van der Waals surface area (Å²) in [4.78, 5) is 4.42. The number of aryl methyl sites for hydroxylation is 1. The first-order valence-corrected chi connectivity index (χ1v) is 4.93. The van der Waals surface area contributed by atoms with Gasteiger partial charge in [-0.3, -0.25) is 0 Å². The standard InChI is InChI=1S/C10H17N3/c1-4-10(2)9-8(5-6-12-10)11-7-13(9)3/h7,12H,4-6H2,1-3H3. The normalized spacial score (nSPS) is 27.3. The van der Waals surface area contributed by atoms with Crippen molar-refractivity contribution >= 4 is 0 Å². The van der Waals surface area contributed by atoms with Crippen LogP contribution in [0.5, 0.6) is 0 Å². The number of hydrogen-bond donors (Lipinski definition) is 1. The van der Waals surface area contributed by atoms with E-state index in [1.54, 1.807) is 0 Å². The summed E-state index contributed by atoms with van der Waals surface area (Å²) in [5, 5.41) is 3.57. The van der Waals surface area contributed by atoms with Crippen molar-refractivity contribution in [3.05, 3.63) is 17.7 Å². The summed E-state index contributed by atoms with van der Waals surface area (Å²) in [7, 11) is 2.08. The van der Waals surface area contributed by atoms with Gasteiger partial charge >= 0.3 is 0 Å². The van der Waals surface area contributed by atoms with Gasteiger partial charge in [0, 0.05) is 20.0 Å². The topological polar surface area (TPSA) is 29.9 Å². The second-order valence-electron chi connectivity index (χ2n) is 4.01. The Morgan fingerprint density at radius 2 is 2.46 bits per heavy atom. The maximum Gasteiger partial charge on any atom is 0.0949 e. The average molecular weight is 179 g/mol. The molecule has 1 atom stereocenters. The van der Waals surface area contributed by atoms with Crippen LogP contribution in [0.1, 0.15) is 31.7 Å². The molecule has 1 aliphatic heterocycles. The molecular weight excluding hydrogens is 162 g/mol. The van der Waals surface area contributed by atoms with E-state index in [2.05, 4.69) is 35.8 Å². The lowest BCUT2D eigenvalue weighted by atomic mass is 9.89. The monoisotopic (exact) mass is 179 g/mol. The van der Waals surface area contributed by atoms with Crippen LogP contribution in [-0.4, -0.2) is 16.1 Å². The molecule has 3 nitrogen and oxygen atoms in total. The lowest BCUT2D eigenvalue weighted by molar-refractivity contribution is 0.316. The Bertz CT molecular complexity index is 316. The molecule has 2 rings (SSSR count). The molecule has 1 aromatic heterocycles. The number of nitrogens with zero attached hydrogens (tertiary/aromatic N) is 2. The van der Waals surface area contributed by atoms with E-state index in [0.717, 1.165) is 19.4 Å². The predicted octanol–water partition coefficient (Wildman–Crippen LogP) is 1.19. The Labute approximate surface area is 79.2 Å². The van der Waals surface area contributed by atoms with Gasteiger partial charge in [0.1, 0.15) is 0 Å². The highest BCUT2D eigenvalue weighted by molar-refractivity contribution is 5.25. The van der Waals surface area contributed by atoms with Crippen LogP contribution in [0, 0.1) is 0 Å². The Hall–Kier alpha value is -0.830. The van der Waals surface area contributed by atoms with Crippen molar-refractivity contribution in [3.8, 4) is 0 Å². The molecule has 0 saturated carbocycles. The summed E-state index contributed by atoms with van der Waals surface area (Å²) in [6.45, 7) is 5.52. The molecule has 3 heteroatoms. The maximum atomic E-state index is 4.42. The minimum Gasteiger partial charge on any atom is -0.336 e. The van der Waals surface area contributed by atoms with Gasteiger partial charge in [0.2, 0.25) is 0 Å². The minimum atomic E-state index is 0.124. The molecule has 0 radical (unpaired) electrons. The zero-order chi connectivity index (χ0) is 9.47. The van der Waals surface area contributed by atoms with Crippen molar-refractivity contribution in [3.63, 3.8) is 0 Å². The van der Waals surface area contributed by atoms with Crippen molar-refractivity contribution in [1.82, 2.24) is 14.9 Å². The van der Waals surface area contributed by atoms with Gasteiger partial charge in [-0.05, 0) is 13.3 Å². The maximum absolute atomic E-state index is 4.42. The molecule has 1 N–H and O–H groups in total. The van der Waals surface area contributed by atoms with Gasteiger partial charge in [-0.1, -0.05) is 6.92 Å². The van der Waals surface area contributed by atoms with Crippen molar-refractivity contribution in [2.45, 2.75) is 32.2 Å². The molecule has 0 bridgehead atoms. The number of aromatic nitrogens is 2. The first-order valence-electron chi connectivity index (χ1n) is 4.93. The molecule has 0 spiro atoms. The summed E-state index contributed by atoms with van der Waals surface area (Å²) < 4.78 is 2.14. The summed E-state index contributed by atoms with van der Waals surface area (Å²) in [6.07, 6.45) is 4.09. The third kappa shape index (κ3) is 1.18. The Balaban J connectivity index is 2.52. The Kier molecular flexibility index (Phi) is 1.91. The molecule has 13 heavy (non-hydrogen) atoms. The number of rotatable bonds is 1. The van der Waals surface area contributed by atoms with E-state index in [1.165, 1.54) is 11.4 Å². The fourth-order valence-corrected chi connectivity index (χ4v) is 2.20. The number of nitrogens with one attached hydrogen (secondary N) is 1. The van der Waals surface area contributed by atoms with Crippen LogP contribution in [0.25, 0.3) is 0 Å². The zero-order valence-corrected chi connectivity index (χ0v) is 8.59. The molecule has 0 amide bonds. The summed E-state index contributed by atoms with van der Waals surface area (Å²) in [5.41, 5.74) is 2.76. The van der Waals surface area contributed by atoms with Crippen LogP contribution in [0.2, 0.25) is 0 Å². The first-order chi connectivity index (χ1) is 6.17. The van der Waals surface area contributed by atoms with Crippen LogP contribution in [-0.2, 0) is 19.0 Å². The van der Waals surface area contributed by atoms with Crippen molar-refractivity contribution in [2.75, 3.05) is 6.54 Å². The molecule has 1 aliphatic rings. The highest BCUT2D eigenvalue weighted by atomic mass is 15.1. The molecule has 0 aliphatic carbocycles. The van der Waals surface area contributed by atoms with Gasteiger partial charge in [0.25, 0.3) is 0 Å². The third-order valence-corrected chi connectivity index (χ3v) is 3.12. The second kappa shape index (κ2) is 2.84. The predicted molar refractivity (Wildman–Crippen MR) is 52.6 cm³/mol. The number of imidazole rings is 1. The average Bonchev–Trinajstić information content (AvgIpc) is 2.50. The lowest BCUT2D eigenvalue weighted by Gasteiger charge is -2.34. The SMILES string of the molecule is CCC1(C)NCCc2ncn(C)c21. The highest BCUT2D eigenvalue weighted by Crippen LogP contribution is 2.29. The van der Waals surface area contributed by atoms with E-state index >= 15 is 0 Å². The smallest absolute Gasteiger partial charge is 0.0949 e. The fourth-order valence-electron chi connectivity index (χ4n) is 2.20. The minimum absolute atomic E-state index is 0.124. The fraction of sp³-hybridized carbons (Fsp3) is 0.700. The van der Waals surface area contributed by atoms with Crippen molar-refractivity contribution in [2.24, 2.45) is 7.05 Å². The molecular formula is C10H17N3. The molecule has 0 saturated heterocycles. The van der Waals surface area contributed by atoms with Crippen LogP contribution in [0.3, 0.4) is 0 Å².